The molecule has 5 nitrogen and oxygen atoms in total. The number of rotatable bonds is 7. The Hall–Kier alpha value is -2.18. The maximum absolute atomic E-state index is 12.7. The predicted molar refractivity (Wildman–Crippen MR) is 120 cm³/mol. The van der Waals surface area contributed by atoms with E-state index in [9.17, 15) is 9.59 Å². The first-order valence-corrected chi connectivity index (χ1v) is 11.1. The van der Waals surface area contributed by atoms with Crippen molar-refractivity contribution in [3.8, 4) is 0 Å². The van der Waals surface area contributed by atoms with Gasteiger partial charge in [0, 0.05) is 11.0 Å². The van der Waals surface area contributed by atoms with Crippen LogP contribution in [0.4, 0.5) is 5.69 Å². The van der Waals surface area contributed by atoms with Crippen molar-refractivity contribution >= 4 is 33.4 Å². The predicted octanol–water partition coefficient (Wildman–Crippen LogP) is 4.70. The fourth-order valence-electron chi connectivity index (χ4n) is 3.58. The number of hydrogen-bond donors (Lipinski definition) is 2. The fourth-order valence-corrected chi connectivity index (χ4v) is 4.05. The summed E-state index contributed by atoms with van der Waals surface area (Å²) >= 11 is 3.39. The third-order valence-electron chi connectivity index (χ3n) is 5.17. The molecule has 29 heavy (non-hydrogen) atoms. The number of carbonyl (C=O) groups excluding carboxylic acids is 2. The van der Waals surface area contributed by atoms with Crippen LogP contribution in [-0.4, -0.2) is 42.9 Å². The highest BCUT2D eigenvalue weighted by Crippen LogP contribution is 2.20. The molecule has 3 rings (SSSR count). The number of hydrogen-bond acceptors (Lipinski definition) is 3. The lowest BCUT2D eigenvalue weighted by Gasteiger charge is -2.19. The summed E-state index contributed by atoms with van der Waals surface area (Å²) in [5, 5.41) is 5.85. The first kappa shape index (κ1) is 21.5. The summed E-state index contributed by atoms with van der Waals surface area (Å²) in [6.07, 6.45) is 6.13. The van der Waals surface area contributed by atoms with Gasteiger partial charge in [-0.1, -0.05) is 37.1 Å². The molecule has 0 aromatic heterocycles. The highest BCUT2D eigenvalue weighted by Gasteiger charge is 2.15. The maximum Gasteiger partial charge on any atom is 0.256 e. The van der Waals surface area contributed by atoms with Crippen molar-refractivity contribution < 1.29 is 9.59 Å². The molecule has 2 aromatic rings. The van der Waals surface area contributed by atoms with Crippen molar-refractivity contribution in [3.63, 3.8) is 0 Å². The van der Waals surface area contributed by atoms with Crippen LogP contribution in [0.5, 0.6) is 0 Å². The zero-order valence-electron chi connectivity index (χ0n) is 16.6. The van der Waals surface area contributed by atoms with Gasteiger partial charge in [-0.05, 0) is 79.1 Å². The number of amides is 2. The molecule has 1 saturated heterocycles. The molecule has 0 spiro atoms. The average molecular weight is 458 g/mol. The van der Waals surface area contributed by atoms with Gasteiger partial charge < -0.3 is 15.5 Å². The van der Waals surface area contributed by atoms with E-state index in [-0.39, 0.29) is 11.8 Å². The minimum Gasteiger partial charge on any atom is -0.352 e. The number of carbonyl (C=O) groups is 2. The van der Waals surface area contributed by atoms with Crippen LogP contribution in [0.3, 0.4) is 0 Å². The third kappa shape index (κ3) is 6.41. The van der Waals surface area contributed by atoms with Crippen molar-refractivity contribution in [2.24, 2.45) is 0 Å². The maximum atomic E-state index is 12.7. The molecule has 1 aliphatic heterocycles. The Morgan fingerprint density at radius 2 is 1.52 bits per heavy atom. The first-order valence-electron chi connectivity index (χ1n) is 10.3. The Morgan fingerprint density at radius 1 is 0.862 bits per heavy atom. The van der Waals surface area contributed by atoms with E-state index in [1.54, 1.807) is 24.3 Å². The minimum absolute atomic E-state index is 0.163. The van der Waals surface area contributed by atoms with Crippen LogP contribution in [0.1, 0.15) is 52.8 Å². The van der Waals surface area contributed by atoms with E-state index in [0.717, 1.165) is 26.1 Å². The van der Waals surface area contributed by atoms with Crippen LogP contribution >= 0.6 is 15.9 Å². The van der Waals surface area contributed by atoms with E-state index in [4.69, 9.17) is 0 Å². The highest BCUT2D eigenvalue weighted by atomic mass is 79.9. The quantitative estimate of drug-likeness (QED) is 0.592. The summed E-state index contributed by atoms with van der Waals surface area (Å²) in [6, 6.07) is 14.3. The summed E-state index contributed by atoms with van der Waals surface area (Å²) in [7, 11) is 0. The van der Waals surface area contributed by atoms with E-state index in [0.29, 0.717) is 27.8 Å². The number of halogens is 1. The molecule has 1 heterocycles. The number of benzene rings is 2. The van der Waals surface area contributed by atoms with Crippen LogP contribution in [0.15, 0.2) is 53.0 Å². The monoisotopic (exact) mass is 457 g/mol. The van der Waals surface area contributed by atoms with Gasteiger partial charge in [-0.25, -0.2) is 0 Å². The van der Waals surface area contributed by atoms with Crippen molar-refractivity contribution in [1.82, 2.24) is 10.2 Å². The van der Waals surface area contributed by atoms with Crippen LogP contribution in [0, 0.1) is 0 Å². The molecule has 0 aliphatic carbocycles. The van der Waals surface area contributed by atoms with Gasteiger partial charge in [0.25, 0.3) is 11.8 Å². The lowest BCUT2D eigenvalue weighted by molar-refractivity contribution is 0.0952. The average Bonchev–Trinajstić information content (AvgIpc) is 3.00. The molecular formula is C23H28BrN3O2. The summed E-state index contributed by atoms with van der Waals surface area (Å²) in [6.45, 7) is 3.97. The summed E-state index contributed by atoms with van der Waals surface area (Å²) in [4.78, 5) is 27.8. The second-order valence-corrected chi connectivity index (χ2v) is 8.20. The Morgan fingerprint density at radius 3 is 2.24 bits per heavy atom. The number of para-hydroxylation sites is 1. The van der Waals surface area contributed by atoms with Crippen LogP contribution < -0.4 is 10.6 Å². The van der Waals surface area contributed by atoms with Gasteiger partial charge in [0.05, 0.1) is 16.8 Å². The smallest absolute Gasteiger partial charge is 0.256 e. The van der Waals surface area contributed by atoms with Gasteiger partial charge in [0.2, 0.25) is 0 Å². The van der Waals surface area contributed by atoms with E-state index >= 15 is 0 Å². The lowest BCUT2D eigenvalue weighted by Crippen LogP contribution is -2.31. The van der Waals surface area contributed by atoms with Gasteiger partial charge in [-0.15, -0.1) is 0 Å². The Bertz CT molecular complexity index is 832. The molecule has 2 N–H and O–H groups in total. The SMILES string of the molecule is O=C(Nc1ccccc1C(=O)NCCCN1CCCCCC1)c1ccccc1Br. The van der Waals surface area contributed by atoms with Crippen LogP contribution in [0.2, 0.25) is 0 Å². The Labute approximate surface area is 181 Å². The molecule has 0 saturated carbocycles. The molecule has 1 fully saturated rings. The van der Waals surface area contributed by atoms with E-state index in [1.165, 1.54) is 25.7 Å². The second-order valence-electron chi connectivity index (χ2n) is 7.34. The van der Waals surface area contributed by atoms with Crippen molar-refractivity contribution in [2.75, 3.05) is 31.5 Å². The van der Waals surface area contributed by atoms with E-state index in [2.05, 4.69) is 31.5 Å². The number of anilines is 1. The molecule has 2 aromatic carbocycles. The van der Waals surface area contributed by atoms with E-state index in [1.807, 2.05) is 24.3 Å². The molecular weight excluding hydrogens is 430 g/mol. The summed E-state index contributed by atoms with van der Waals surface area (Å²) in [5.74, 6) is -0.414. The largest absolute Gasteiger partial charge is 0.352 e. The van der Waals surface area contributed by atoms with Crippen molar-refractivity contribution in [2.45, 2.75) is 32.1 Å². The van der Waals surface area contributed by atoms with E-state index < -0.39 is 0 Å². The molecule has 0 unspecified atom stereocenters. The first-order chi connectivity index (χ1) is 14.1. The van der Waals surface area contributed by atoms with Crippen LogP contribution in [-0.2, 0) is 0 Å². The normalized spacial score (nSPS) is 14.8. The molecule has 154 valence electrons. The van der Waals surface area contributed by atoms with Gasteiger partial charge in [0.1, 0.15) is 0 Å². The zero-order chi connectivity index (χ0) is 20.5. The molecule has 2 amide bonds. The lowest BCUT2D eigenvalue weighted by atomic mass is 10.1. The molecule has 0 atom stereocenters. The molecule has 0 radical (unpaired) electrons. The van der Waals surface area contributed by atoms with Gasteiger partial charge >= 0.3 is 0 Å². The van der Waals surface area contributed by atoms with Crippen molar-refractivity contribution in [1.29, 1.82) is 0 Å². The summed E-state index contributed by atoms with van der Waals surface area (Å²) < 4.78 is 0.716. The second kappa shape index (κ2) is 11.1. The number of likely N-dealkylation sites (tertiary alicyclic amines) is 1. The Balaban J connectivity index is 1.54. The molecule has 1 aliphatic rings. The van der Waals surface area contributed by atoms with Crippen molar-refractivity contribution in [3.05, 3.63) is 64.1 Å². The van der Waals surface area contributed by atoms with Crippen LogP contribution in [0.25, 0.3) is 0 Å². The van der Waals surface area contributed by atoms with Gasteiger partial charge in [-0.2, -0.15) is 0 Å². The fraction of sp³-hybridized carbons (Fsp3) is 0.391. The Kier molecular flexibility index (Phi) is 8.25. The summed E-state index contributed by atoms with van der Waals surface area (Å²) in [5.41, 5.74) is 1.51. The molecule has 0 bridgehead atoms. The van der Waals surface area contributed by atoms with Gasteiger partial charge in [-0.3, -0.25) is 9.59 Å². The third-order valence-corrected chi connectivity index (χ3v) is 5.87. The zero-order valence-corrected chi connectivity index (χ0v) is 18.2. The minimum atomic E-state index is -0.251. The standard InChI is InChI=1S/C23H28BrN3O2/c24-20-12-5-3-10-18(20)23(29)26-21-13-6-4-11-19(21)22(28)25-14-9-17-27-15-7-1-2-8-16-27/h3-6,10-13H,1-2,7-9,14-17H2,(H,25,28)(H,26,29). The van der Waals surface area contributed by atoms with Gasteiger partial charge in [0.15, 0.2) is 0 Å². The number of nitrogens with one attached hydrogen (secondary N) is 2. The topological polar surface area (TPSA) is 61.4 Å². The highest BCUT2D eigenvalue weighted by molar-refractivity contribution is 9.10. The number of nitrogens with zero attached hydrogens (tertiary/aromatic N) is 1. The molecule has 6 heteroatoms.